The van der Waals surface area contributed by atoms with Gasteiger partial charge >= 0.3 is 5.97 Å². The van der Waals surface area contributed by atoms with Gasteiger partial charge in [-0.05, 0) is 33.0 Å². The highest BCUT2D eigenvalue weighted by molar-refractivity contribution is 5.86. The Kier molecular flexibility index (Phi) is 10.2. The maximum Gasteiger partial charge on any atom is 0.325 e. The van der Waals surface area contributed by atoms with E-state index < -0.39 is 17.9 Å². The van der Waals surface area contributed by atoms with Crippen LogP contribution in [0, 0.1) is 0 Å². The van der Waals surface area contributed by atoms with E-state index in [0.717, 1.165) is 26.1 Å². The van der Waals surface area contributed by atoms with Crippen molar-refractivity contribution in [2.75, 3.05) is 26.2 Å². The summed E-state index contributed by atoms with van der Waals surface area (Å²) in [5, 5.41) is 13.7. The van der Waals surface area contributed by atoms with Gasteiger partial charge in [0.15, 0.2) is 0 Å². The van der Waals surface area contributed by atoms with Crippen LogP contribution in [-0.2, 0) is 14.4 Å². The van der Waals surface area contributed by atoms with Crippen LogP contribution in [-0.4, -0.2) is 60.0 Å². The monoisotopic (exact) mass is 301 g/mol. The van der Waals surface area contributed by atoms with E-state index >= 15 is 0 Å². The highest BCUT2D eigenvalue weighted by Gasteiger charge is 2.14. The number of nitrogens with zero attached hydrogens (tertiary/aromatic N) is 1. The molecule has 0 spiro atoms. The molecule has 0 fully saturated rings. The number of nitrogens with one attached hydrogen (secondary N) is 2. The Bertz CT molecular complexity index is 343. The van der Waals surface area contributed by atoms with E-state index in [4.69, 9.17) is 5.11 Å². The number of carboxylic acids is 1. The molecule has 0 saturated carbocycles. The van der Waals surface area contributed by atoms with Crippen molar-refractivity contribution >= 4 is 17.8 Å². The summed E-state index contributed by atoms with van der Waals surface area (Å²) < 4.78 is 0. The van der Waals surface area contributed by atoms with Crippen LogP contribution in [0.3, 0.4) is 0 Å². The molecule has 1 atom stereocenters. The van der Waals surface area contributed by atoms with Gasteiger partial charge in [-0.3, -0.25) is 14.4 Å². The number of carbonyl (C=O) groups is 3. The SMILES string of the molecule is CCN(CC)CCCNC(=O)CCC(=O)NC(C)C(=O)O. The van der Waals surface area contributed by atoms with Crippen LogP contribution in [0.25, 0.3) is 0 Å². The molecule has 0 bridgehead atoms. The minimum atomic E-state index is -1.09. The molecule has 0 aromatic heterocycles. The minimum absolute atomic E-state index is 0.000498. The molecule has 122 valence electrons. The molecule has 0 heterocycles. The third-order valence-electron chi connectivity index (χ3n) is 3.19. The number of hydrogen-bond donors (Lipinski definition) is 3. The summed E-state index contributed by atoms with van der Waals surface area (Å²) in [5.41, 5.74) is 0. The predicted octanol–water partition coefficient (Wildman–Crippen LogP) is 0.204. The number of hydrogen-bond acceptors (Lipinski definition) is 4. The quantitative estimate of drug-likeness (QED) is 0.474. The number of aliphatic carboxylic acids is 1. The van der Waals surface area contributed by atoms with Crippen molar-refractivity contribution in [1.29, 1.82) is 0 Å². The molecular weight excluding hydrogens is 274 g/mol. The summed E-state index contributed by atoms with van der Waals surface area (Å²) in [6.45, 7) is 9.08. The Labute approximate surface area is 126 Å². The van der Waals surface area contributed by atoms with Crippen LogP contribution in [0.5, 0.6) is 0 Å². The van der Waals surface area contributed by atoms with Gasteiger partial charge in [-0.1, -0.05) is 13.8 Å². The summed E-state index contributed by atoms with van der Waals surface area (Å²) in [4.78, 5) is 35.8. The van der Waals surface area contributed by atoms with Crippen molar-refractivity contribution in [3.63, 3.8) is 0 Å². The van der Waals surface area contributed by atoms with Crippen molar-refractivity contribution in [2.45, 2.75) is 46.1 Å². The first-order valence-corrected chi connectivity index (χ1v) is 7.41. The number of amides is 2. The van der Waals surface area contributed by atoms with Gasteiger partial charge in [0.05, 0.1) is 0 Å². The van der Waals surface area contributed by atoms with Crippen LogP contribution in [0.2, 0.25) is 0 Å². The summed E-state index contributed by atoms with van der Waals surface area (Å²) in [7, 11) is 0. The molecule has 21 heavy (non-hydrogen) atoms. The lowest BCUT2D eigenvalue weighted by molar-refractivity contribution is -0.141. The molecule has 0 aromatic rings. The third-order valence-corrected chi connectivity index (χ3v) is 3.19. The Morgan fingerprint density at radius 2 is 1.67 bits per heavy atom. The molecule has 0 saturated heterocycles. The van der Waals surface area contributed by atoms with Gasteiger partial charge in [0.2, 0.25) is 11.8 Å². The fraction of sp³-hybridized carbons (Fsp3) is 0.786. The first-order chi connectivity index (χ1) is 9.90. The summed E-state index contributed by atoms with van der Waals surface area (Å²) in [6, 6.07) is -0.936. The van der Waals surface area contributed by atoms with Gasteiger partial charge in [0.25, 0.3) is 0 Å². The van der Waals surface area contributed by atoms with Crippen molar-refractivity contribution in [3.8, 4) is 0 Å². The van der Waals surface area contributed by atoms with E-state index in [9.17, 15) is 14.4 Å². The van der Waals surface area contributed by atoms with Crippen molar-refractivity contribution in [2.24, 2.45) is 0 Å². The van der Waals surface area contributed by atoms with Crippen LogP contribution in [0.4, 0.5) is 0 Å². The average molecular weight is 301 g/mol. The number of rotatable bonds is 11. The highest BCUT2D eigenvalue weighted by Crippen LogP contribution is 1.93. The number of carboxylic acid groups (broad SMARTS) is 1. The molecule has 7 nitrogen and oxygen atoms in total. The smallest absolute Gasteiger partial charge is 0.325 e. The lowest BCUT2D eigenvalue weighted by Crippen LogP contribution is -2.38. The fourth-order valence-electron chi connectivity index (χ4n) is 1.76. The molecule has 0 aliphatic carbocycles. The zero-order valence-corrected chi connectivity index (χ0v) is 13.1. The van der Waals surface area contributed by atoms with E-state index in [-0.39, 0.29) is 18.7 Å². The van der Waals surface area contributed by atoms with Crippen molar-refractivity contribution in [1.82, 2.24) is 15.5 Å². The lowest BCUT2D eigenvalue weighted by Gasteiger charge is -2.17. The van der Waals surface area contributed by atoms with Gasteiger partial charge < -0.3 is 20.6 Å². The molecule has 0 aromatic carbocycles. The molecule has 0 aliphatic rings. The highest BCUT2D eigenvalue weighted by atomic mass is 16.4. The second-order valence-electron chi connectivity index (χ2n) is 4.86. The van der Waals surface area contributed by atoms with Gasteiger partial charge in [0.1, 0.15) is 6.04 Å². The fourth-order valence-corrected chi connectivity index (χ4v) is 1.76. The van der Waals surface area contributed by atoms with E-state index in [0.29, 0.717) is 6.54 Å². The number of carbonyl (C=O) groups excluding carboxylic acids is 2. The zero-order valence-electron chi connectivity index (χ0n) is 13.1. The minimum Gasteiger partial charge on any atom is -0.480 e. The molecule has 1 unspecified atom stereocenters. The molecule has 0 rings (SSSR count). The topological polar surface area (TPSA) is 98.7 Å². The molecule has 0 aliphatic heterocycles. The van der Waals surface area contributed by atoms with Gasteiger partial charge in [-0.15, -0.1) is 0 Å². The molecule has 7 heteroatoms. The maximum absolute atomic E-state index is 11.5. The summed E-state index contributed by atoms with van der Waals surface area (Å²) in [6.07, 6.45) is 0.943. The van der Waals surface area contributed by atoms with E-state index in [1.54, 1.807) is 0 Å². The van der Waals surface area contributed by atoms with Crippen molar-refractivity contribution in [3.05, 3.63) is 0 Å². The normalized spacial score (nSPS) is 12.0. The maximum atomic E-state index is 11.5. The van der Waals surface area contributed by atoms with E-state index in [1.807, 2.05) is 0 Å². The lowest BCUT2D eigenvalue weighted by atomic mass is 10.2. The van der Waals surface area contributed by atoms with Crippen LogP contribution >= 0.6 is 0 Å². The second kappa shape index (κ2) is 11.1. The molecule has 2 amide bonds. The first-order valence-electron chi connectivity index (χ1n) is 7.41. The van der Waals surface area contributed by atoms with Gasteiger partial charge in [-0.2, -0.15) is 0 Å². The Hall–Kier alpha value is -1.63. The summed E-state index contributed by atoms with van der Waals surface area (Å²) >= 11 is 0. The average Bonchev–Trinajstić information content (AvgIpc) is 2.45. The zero-order chi connectivity index (χ0) is 16.3. The van der Waals surface area contributed by atoms with E-state index in [1.165, 1.54) is 6.92 Å². The molecular formula is C14H27N3O4. The molecule has 3 N–H and O–H groups in total. The van der Waals surface area contributed by atoms with Crippen LogP contribution in [0.15, 0.2) is 0 Å². The molecule has 0 radical (unpaired) electrons. The van der Waals surface area contributed by atoms with Gasteiger partial charge in [0, 0.05) is 19.4 Å². The van der Waals surface area contributed by atoms with E-state index in [2.05, 4.69) is 29.4 Å². The van der Waals surface area contributed by atoms with Crippen LogP contribution < -0.4 is 10.6 Å². The van der Waals surface area contributed by atoms with Crippen LogP contribution in [0.1, 0.15) is 40.0 Å². The second-order valence-corrected chi connectivity index (χ2v) is 4.86. The largest absolute Gasteiger partial charge is 0.480 e. The van der Waals surface area contributed by atoms with Gasteiger partial charge in [-0.25, -0.2) is 0 Å². The Morgan fingerprint density at radius 1 is 1.10 bits per heavy atom. The Morgan fingerprint density at radius 3 is 2.19 bits per heavy atom. The predicted molar refractivity (Wildman–Crippen MR) is 79.9 cm³/mol. The summed E-state index contributed by atoms with van der Waals surface area (Å²) in [5.74, 6) is -1.71. The third kappa shape index (κ3) is 9.84. The first kappa shape index (κ1) is 19.4. The van der Waals surface area contributed by atoms with Crippen molar-refractivity contribution < 1.29 is 19.5 Å². The Balaban J connectivity index is 3.71. The standard InChI is InChI=1S/C14H27N3O4/c1-4-17(5-2)10-6-9-15-12(18)7-8-13(19)16-11(3)14(20)21/h11H,4-10H2,1-3H3,(H,15,18)(H,16,19)(H,20,21).